The number of methoxy groups -OCH3 is 1. The van der Waals surface area contributed by atoms with Gasteiger partial charge in [0.2, 0.25) is 0 Å². The molecule has 0 saturated heterocycles. The zero-order valence-electron chi connectivity index (χ0n) is 14.9. The number of rotatable bonds is 9. The molecular weight excluding hydrogens is 334 g/mol. The molecule has 2 aromatic rings. The maximum absolute atomic E-state index is 12.2. The van der Waals surface area contributed by atoms with Gasteiger partial charge in [-0.3, -0.25) is 4.79 Å². The van der Waals surface area contributed by atoms with Crippen molar-refractivity contribution >= 4 is 11.9 Å². The first kappa shape index (κ1) is 19.5. The van der Waals surface area contributed by atoms with E-state index in [-0.39, 0.29) is 25.2 Å². The molecule has 0 saturated carbocycles. The summed E-state index contributed by atoms with van der Waals surface area (Å²) in [6, 6.07) is 16.6. The number of carbonyl (C=O) groups is 2. The molecule has 0 aliphatic heterocycles. The van der Waals surface area contributed by atoms with E-state index in [1.54, 1.807) is 14.0 Å². The van der Waals surface area contributed by atoms with Crippen molar-refractivity contribution in [3.63, 3.8) is 0 Å². The van der Waals surface area contributed by atoms with Gasteiger partial charge in [0, 0.05) is 6.61 Å². The number of amides is 1. The summed E-state index contributed by atoms with van der Waals surface area (Å²) in [7, 11) is 1.60. The highest BCUT2D eigenvalue weighted by Crippen LogP contribution is 2.24. The Balaban J connectivity index is 2.07. The minimum Gasteiger partial charge on any atom is -0.497 e. The van der Waals surface area contributed by atoms with Gasteiger partial charge in [-0.2, -0.15) is 0 Å². The molecule has 2 rings (SSSR count). The van der Waals surface area contributed by atoms with Crippen LogP contribution in [0.1, 0.15) is 24.1 Å². The van der Waals surface area contributed by atoms with Crippen molar-refractivity contribution in [2.45, 2.75) is 13.0 Å². The Bertz CT molecular complexity index is 700. The molecular formula is C20H23NO5. The highest BCUT2D eigenvalue weighted by Gasteiger charge is 2.18. The van der Waals surface area contributed by atoms with Crippen molar-refractivity contribution in [1.29, 1.82) is 0 Å². The maximum atomic E-state index is 12.2. The van der Waals surface area contributed by atoms with E-state index in [4.69, 9.17) is 14.2 Å². The Kier molecular flexibility index (Phi) is 7.64. The molecule has 26 heavy (non-hydrogen) atoms. The first-order valence-corrected chi connectivity index (χ1v) is 8.35. The molecule has 0 aliphatic rings. The average molecular weight is 357 g/mol. The van der Waals surface area contributed by atoms with Gasteiger partial charge in [-0.05, 0) is 30.2 Å². The van der Waals surface area contributed by atoms with Gasteiger partial charge >= 0.3 is 5.97 Å². The standard InChI is InChI=1S/C20H23NO5/c1-3-25-14-19(23)26-13-18(22)21-20(15-7-5-4-6-8-15)16-9-11-17(24-2)12-10-16/h4-12,20H,3,13-14H2,1-2H3,(H,21,22)/t20-/m1/s1. The second kappa shape index (κ2) is 10.2. The predicted molar refractivity (Wildman–Crippen MR) is 96.9 cm³/mol. The van der Waals surface area contributed by atoms with Crippen molar-refractivity contribution in [3.8, 4) is 5.75 Å². The molecule has 0 fully saturated rings. The number of ether oxygens (including phenoxy) is 3. The van der Waals surface area contributed by atoms with Gasteiger partial charge in [-0.15, -0.1) is 0 Å². The van der Waals surface area contributed by atoms with E-state index in [1.165, 1.54) is 0 Å². The first-order chi connectivity index (χ1) is 12.6. The fraction of sp³-hybridized carbons (Fsp3) is 0.300. The van der Waals surface area contributed by atoms with E-state index in [0.717, 1.165) is 16.9 Å². The Morgan fingerprint density at radius 3 is 2.23 bits per heavy atom. The molecule has 1 amide bonds. The minimum atomic E-state index is -0.567. The monoisotopic (exact) mass is 357 g/mol. The molecule has 0 heterocycles. The summed E-state index contributed by atoms with van der Waals surface area (Å²) in [4.78, 5) is 23.7. The fourth-order valence-electron chi connectivity index (χ4n) is 2.38. The second-order valence-corrected chi connectivity index (χ2v) is 5.48. The van der Waals surface area contributed by atoms with Gasteiger partial charge in [0.05, 0.1) is 13.2 Å². The largest absolute Gasteiger partial charge is 0.497 e. The molecule has 0 radical (unpaired) electrons. The Morgan fingerprint density at radius 1 is 0.962 bits per heavy atom. The summed E-state index contributed by atoms with van der Waals surface area (Å²) in [5.74, 6) is -0.223. The van der Waals surface area contributed by atoms with E-state index in [2.05, 4.69) is 5.32 Å². The maximum Gasteiger partial charge on any atom is 0.332 e. The Hall–Kier alpha value is -2.86. The lowest BCUT2D eigenvalue weighted by atomic mass is 9.98. The van der Waals surface area contributed by atoms with Crippen molar-refractivity contribution in [3.05, 3.63) is 65.7 Å². The number of carbonyl (C=O) groups excluding carboxylic acids is 2. The lowest BCUT2D eigenvalue weighted by Gasteiger charge is -2.20. The molecule has 0 aromatic heterocycles. The summed E-state index contributed by atoms with van der Waals surface area (Å²) in [5, 5.41) is 2.90. The lowest BCUT2D eigenvalue weighted by molar-refractivity contribution is -0.152. The fourth-order valence-corrected chi connectivity index (χ4v) is 2.38. The van der Waals surface area contributed by atoms with Crippen LogP contribution >= 0.6 is 0 Å². The van der Waals surface area contributed by atoms with Crippen molar-refractivity contribution < 1.29 is 23.8 Å². The molecule has 0 aliphatic carbocycles. The van der Waals surface area contributed by atoms with Gasteiger partial charge in [0.25, 0.3) is 5.91 Å². The van der Waals surface area contributed by atoms with E-state index in [0.29, 0.717) is 6.61 Å². The van der Waals surface area contributed by atoms with E-state index in [9.17, 15) is 9.59 Å². The predicted octanol–water partition coefficient (Wildman–Crippen LogP) is 2.48. The Morgan fingerprint density at radius 2 is 1.62 bits per heavy atom. The van der Waals surface area contributed by atoms with Crippen LogP contribution in [0.3, 0.4) is 0 Å². The van der Waals surface area contributed by atoms with Gasteiger partial charge in [-0.1, -0.05) is 42.5 Å². The third kappa shape index (κ3) is 5.89. The van der Waals surface area contributed by atoms with Crippen molar-refractivity contribution in [1.82, 2.24) is 5.32 Å². The highest BCUT2D eigenvalue weighted by molar-refractivity contribution is 5.81. The molecule has 138 valence electrons. The van der Waals surface area contributed by atoms with Gasteiger partial charge < -0.3 is 19.5 Å². The van der Waals surface area contributed by atoms with E-state index < -0.39 is 5.97 Å². The average Bonchev–Trinajstić information content (AvgIpc) is 2.69. The summed E-state index contributed by atoms with van der Waals surface area (Å²) in [6.45, 7) is 1.67. The number of benzene rings is 2. The molecule has 6 heteroatoms. The highest BCUT2D eigenvalue weighted by atomic mass is 16.6. The SMILES string of the molecule is CCOCC(=O)OCC(=O)N[C@H](c1ccccc1)c1ccc(OC)cc1. The topological polar surface area (TPSA) is 73.9 Å². The number of esters is 1. The minimum absolute atomic E-state index is 0.162. The summed E-state index contributed by atoms with van der Waals surface area (Å²) in [6.07, 6.45) is 0. The van der Waals surface area contributed by atoms with Crippen LogP contribution in [0.4, 0.5) is 0 Å². The van der Waals surface area contributed by atoms with Crippen LogP contribution in [0.5, 0.6) is 5.75 Å². The van der Waals surface area contributed by atoms with Crippen LogP contribution in [-0.4, -0.2) is 38.8 Å². The molecule has 1 N–H and O–H groups in total. The second-order valence-electron chi connectivity index (χ2n) is 5.48. The van der Waals surface area contributed by atoms with Crippen molar-refractivity contribution in [2.24, 2.45) is 0 Å². The van der Waals surface area contributed by atoms with E-state index in [1.807, 2.05) is 54.6 Å². The van der Waals surface area contributed by atoms with Crippen LogP contribution in [0.2, 0.25) is 0 Å². The summed E-state index contributed by atoms with van der Waals surface area (Å²) in [5.41, 5.74) is 1.82. The zero-order chi connectivity index (χ0) is 18.8. The zero-order valence-corrected chi connectivity index (χ0v) is 14.9. The van der Waals surface area contributed by atoms with Gasteiger partial charge in [0.15, 0.2) is 6.61 Å². The molecule has 2 aromatic carbocycles. The number of hydrogen-bond donors (Lipinski definition) is 1. The molecule has 0 bridgehead atoms. The number of nitrogens with one attached hydrogen (secondary N) is 1. The van der Waals surface area contributed by atoms with Crippen LogP contribution in [0.25, 0.3) is 0 Å². The van der Waals surface area contributed by atoms with E-state index >= 15 is 0 Å². The van der Waals surface area contributed by atoms with Crippen LogP contribution in [0, 0.1) is 0 Å². The van der Waals surface area contributed by atoms with Crippen LogP contribution in [0.15, 0.2) is 54.6 Å². The van der Waals surface area contributed by atoms with Gasteiger partial charge in [-0.25, -0.2) is 4.79 Å². The van der Waals surface area contributed by atoms with Gasteiger partial charge in [0.1, 0.15) is 12.4 Å². The van der Waals surface area contributed by atoms with Crippen LogP contribution < -0.4 is 10.1 Å². The molecule has 1 atom stereocenters. The molecule has 6 nitrogen and oxygen atoms in total. The first-order valence-electron chi connectivity index (χ1n) is 8.35. The lowest BCUT2D eigenvalue weighted by Crippen LogP contribution is -2.33. The molecule has 0 spiro atoms. The number of hydrogen-bond acceptors (Lipinski definition) is 5. The summed E-state index contributed by atoms with van der Waals surface area (Å²) >= 11 is 0. The third-order valence-corrected chi connectivity index (χ3v) is 3.68. The third-order valence-electron chi connectivity index (χ3n) is 3.68. The van der Waals surface area contributed by atoms with Crippen LogP contribution in [-0.2, 0) is 19.1 Å². The molecule has 0 unspecified atom stereocenters. The Labute approximate surface area is 153 Å². The normalized spacial score (nSPS) is 11.5. The summed E-state index contributed by atoms with van der Waals surface area (Å²) < 4.78 is 15.0. The van der Waals surface area contributed by atoms with Crippen molar-refractivity contribution in [2.75, 3.05) is 26.9 Å². The smallest absolute Gasteiger partial charge is 0.332 e. The quantitative estimate of drug-likeness (QED) is 0.698.